The maximum absolute atomic E-state index is 13.8. The maximum atomic E-state index is 13.8. The Kier molecular flexibility index (Phi) is 3.96. The summed E-state index contributed by atoms with van der Waals surface area (Å²) in [6.07, 6.45) is 0. The van der Waals surface area contributed by atoms with E-state index in [1.165, 1.54) is 19.1 Å². The molecular weight excluding hydrogens is 285 g/mol. The van der Waals surface area contributed by atoms with Crippen molar-refractivity contribution in [2.24, 2.45) is 0 Å². The van der Waals surface area contributed by atoms with Gasteiger partial charge >= 0.3 is 0 Å². The minimum Gasteiger partial charge on any atom is -0.398 e. The molecule has 1 aromatic carbocycles. The first-order valence-corrected chi connectivity index (χ1v) is 7.57. The molecule has 0 aliphatic carbocycles. The van der Waals surface area contributed by atoms with Gasteiger partial charge in [0.15, 0.2) is 0 Å². The Morgan fingerprint density at radius 3 is 2.35 bits per heavy atom. The molecule has 0 atom stereocenters. The predicted molar refractivity (Wildman–Crippen MR) is 71.8 cm³/mol. The smallest absolute Gasteiger partial charge is 0.248 e. The average molecular weight is 301 g/mol. The first-order chi connectivity index (χ1) is 9.34. The molecule has 0 saturated carbocycles. The number of piperazine rings is 1. The largest absolute Gasteiger partial charge is 0.398 e. The quantitative estimate of drug-likeness (QED) is 0.794. The van der Waals surface area contributed by atoms with Gasteiger partial charge < -0.3 is 10.6 Å². The highest BCUT2D eigenvalue weighted by atomic mass is 32.2. The lowest BCUT2D eigenvalue weighted by molar-refractivity contribution is -0.129. The van der Waals surface area contributed by atoms with Gasteiger partial charge in [-0.25, -0.2) is 12.8 Å². The van der Waals surface area contributed by atoms with Gasteiger partial charge in [-0.1, -0.05) is 6.07 Å². The van der Waals surface area contributed by atoms with Crippen LogP contribution in [0.1, 0.15) is 6.92 Å². The zero-order valence-electron chi connectivity index (χ0n) is 11.0. The van der Waals surface area contributed by atoms with Crippen molar-refractivity contribution in [2.75, 3.05) is 31.9 Å². The van der Waals surface area contributed by atoms with E-state index < -0.39 is 20.7 Å². The molecule has 2 rings (SSSR count). The van der Waals surface area contributed by atoms with Gasteiger partial charge in [-0.3, -0.25) is 4.79 Å². The molecule has 1 aliphatic rings. The second kappa shape index (κ2) is 5.37. The Morgan fingerprint density at radius 1 is 1.25 bits per heavy atom. The number of benzene rings is 1. The minimum atomic E-state index is -3.98. The lowest BCUT2D eigenvalue weighted by atomic mass is 10.3. The number of sulfonamides is 1. The van der Waals surface area contributed by atoms with Crippen LogP contribution in [0.3, 0.4) is 0 Å². The van der Waals surface area contributed by atoms with Gasteiger partial charge in [0.2, 0.25) is 15.9 Å². The van der Waals surface area contributed by atoms with Crippen molar-refractivity contribution in [3.8, 4) is 0 Å². The van der Waals surface area contributed by atoms with Crippen molar-refractivity contribution in [3.63, 3.8) is 0 Å². The summed E-state index contributed by atoms with van der Waals surface area (Å²) >= 11 is 0. The fourth-order valence-corrected chi connectivity index (χ4v) is 3.75. The molecule has 8 heteroatoms. The number of nitrogens with zero attached hydrogens (tertiary/aromatic N) is 2. The summed E-state index contributed by atoms with van der Waals surface area (Å²) in [5.74, 6) is -0.966. The molecule has 1 fully saturated rings. The number of carbonyl (C=O) groups is 1. The highest BCUT2D eigenvalue weighted by molar-refractivity contribution is 7.89. The SMILES string of the molecule is CC(=O)N1CCN(S(=O)(=O)c2c(N)cccc2F)CC1. The molecule has 0 aromatic heterocycles. The lowest BCUT2D eigenvalue weighted by Crippen LogP contribution is -2.50. The standard InChI is InChI=1S/C12H16FN3O3S/c1-9(17)15-5-7-16(8-6-15)20(18,19)12-10(13)3-2-4-11(12)14/h2-4H,5-8,14H2,1H3. The second-order valence-electron chi connectivity index (χ2n) is 4.57. The molecule has 0 bridgehead atoms. The van der Waals surface area contributed by atoms with Gasteiger partial charge in [-0.15, -0.1) is 0 Å². The van der Waals surface area contributed by atoms with Gasteiger partial charge in [-0.05, 0) is 12.1 Å². The molecule has 2 N–H and O–H groups in total. The lowest BCUT2D eigenvalue weighted by Gasteiger charge is -2.33. The Bertz CT molecular complexity index is 605. The van der Waals surface area contributed by atoms with E-state index in [2.05, 4.69) is 0 Å². The van der Waals surface area contributed by atoms with E-state index in [1.807, 2.05) is 0 Å². The van der Waals surface area contributed by atoms with E-state index in [9.17, 15) is 17.6 Å². The number of halogens is 1. The van der Waals surface area contributed by atoms with E-state index in [-0.39, 0.29) is 24.7 Å². The van der Waals surface area contributed by atoms with Crippen LogP contribution in [-0.2, 0) is 14.8 Å². The van der Waals surface area contributed by atoms with Crippen molar-refractivity contribution in [1.82, 2.24) is 9.21 Å². The van der Waals surface area contributed by atoms with E-state index in [4.69, 9.17) is 5.73 Å². The summed E-state index contributed by atoms with van der Waals surface area (Å²) in [5.41, 5.74) is 5.47. The zero-order valence-corrected chi connectivity index (χ0v) is 11.9. The van der Waals surface area contributed by atoms with Gasteiger partial charge in [0, 0.05) is 33.1 Å². The van der Waals surface area contributed by atoms with E-state index >= 15 is 0 Å². The molecule has 1 amide bonds. The van der Waals surface area contributed by atoms with Crippen LogP contribution in [0.25, 0.3) is 0 Å². The highest BCUT2D eigenvalue weighted by Gasteiger charge is 2.32. The van der Waals surface area contributed by atoms with Gasteiger partial charge in [0.25, 0.3) is 0 Å². The minimum absolute atomic E-state index is 0.104. The topological polar surface area (TPSA) is 83.7 Å². The van der Waals surface area contributed by atoms with Crippen LogP contribution >= 0.6 is 0 Å². The number of amides is 1. The third-order valence-electron chi connectivity index (χ3n) is 3.28. The molecule has 0 radical (unpaired) electrons. The predicted octanol–water partition coefficient (Wildman–Crippen LogP) is 0.261. The molecule has 0 unspecified atom stereocenters. The van der Waals surface area contributed by atoms with Crippen molar-refractivity contribution >= 4 is 21.6 Å². The number of hydrogen-bond donors (Lipinski definition) is 1. The Hall–Kier alpha value is -1.67. The van der Waals surface area contributed by atoms with Crippen molar-refractivity contribution < 1.29 is 17.6 Å². The van der Waals surface area contributed by atoms with E-state index in [0.29, 0.717) is 13.1 Å². The highest BCUT2D eigenvalue weighted by Crippen LogP contribution is 2.26. The second-order valence-corrected chi connectivity index (χ2v) is 6.44. The van der Waals surface area contributed by atoms with Crippen molar-refractivity contribution in [3.05, 3.63) is 24.0 Å². The average Bonchev–Trinajstić information content (AvgIpc) is 2.38. The fourth-order valence-electron chi connectivity index (χ4n) is 2.17. The number of nitrogens with two attached hydrogens (primary N) is 1. The molecule has 0 spiro atoms. The zero-order chi connectivity index (χ0) is 14.9. The fraction of sp³-hybridized carbons (Fsp3) is 0.417. The van der Waals surface area contributed by atoms with Crippen LogP contribution in [0.2, 0.25) is 0 Å². The molecule has 1 saturated heterocycles. The normalized spacial score (nSPS) is 17.2. The van der Waals surface area contributed by atoms with E-state index in [0.717, 1.165) is 10.4 Å². The maximum Gasteiger partial charge on any atom is 0.248 e. The van der Waals surface area contributed by atoms with E-state index in [1.54, 1.807) is 4.90 Å². The first kappa shape index (κ1) is 14.7. The summed E-state index contributed by atoms with van der Waals surface area (Å²) in [7, 11) is -3.98. The third kappa shape index (κ3) is 2.61. The number of nitrogen functional groups attached to an aromatic ring is 1. The number of rotatable bonds is 2. The Balaban J connectivity index is 2.27. The van der Waals surface area contributed by atoms with Crippen LogP contribution in [0.4, 0.5) is 10.1 Å². The van der Waals surface area contributed by atoms with Crippen LogP contribution in [0, 0.1) is 5.82 Å². The summed E-state index contributed by atoms with van der Waals surface area (Å²) in [6.45, 7) is 2.29. The molecule has 6 nitrogen and oxygen atoms in total. The number of anilines is 1. The molecule has 110 valence electrons. The molecule has 20 heavy (non-hydrogen) atoms. The molecule has 1 aromatic rings. The van der Waals surface area contributed by atoms with Crippen LogP contribution in [-0.4, -0.2) is 49.7 Å². The molecular formula is C12H16FN3O3S. The third-order valence-corrected chi connectivity index (χ3v) is 5.27. The van der Waals surface area contributed by atoms with Crippen molar-refractivity contribution in [2.45, 2.75) is 11.8 Å². The van der Waals surface area contributed by atoms with Gasteiger partial charge in [0.05, 0.1) is 5.69 Å². The van der Waals surface area contributed by atoms with Crippen LogP contribution in [0.15, 0.2) is 23.1 Å². The summed E-state index contributed by atoms with van der Waals surface area (Å²) < 4.78 is 39.7. The first-order valence-electron chi connectivity index (χ1n) is 6.13. The Morgan fingerprint density at radius 2 is 1.85 bits per heavy atom. The molecule has 1 heterocycles. The van der Waals surface area contributed by atoms with Crippen molar-refractivity contribution in [1.29, 1.82) is 0 Å². The number of carbonyl (C=O) groups excluding carboxylic acids is 1. The van der Waals surface area contributed by atoms with Gasteiger partial charge in [0.1, 0.15) is 10.7 Å². The van der Waals surface area contributed by atoms with Crippen LogP contribution < -0.4 is 5.73 Å². The monoisotopic (exact) mass is 301 g/mol. The molecule has 1 aliphatic heterocycles. The summed E-state index contributed by atoms with van der Waals surface area (Å²) in [6, 6.07) is 3.77. The number of hydrogen-bond acceptors (Lipinski definition) is 4. The summed E-state index contributed by atoms with van der Waals surface area (Å²) in [4.78, 5) is 12.3. The van der Waals surface area contributed by atoms with Gasteiger partial charge in [-0.2, -0.15) is 4.31 Å². The van der Waals surface area contributed by atoms with Crippen LogP contribution in [0.5, 0.6) is 0 Å². The Labute approximate surface area is 117 Å². The summed E-state index contributed by atoms with van der Waals surface area (Å²) in [5, 5.41) is 0.